The minimum Gasteiger partial charge on any atom is -0.457 e. The number of hydrogen-bond donors (Lipinski definition) is 7. The fourth-order valence-corrected chi connectivity index (χ4v) is 14.7. The van der Waals surface area contributed by atoms with Crippen molar-refractivity contribution < 1.29 is 75.7 Å². The molecule has 2 saturated heterocycles. The van der Waals surface area contributed by atoms with Crippen molar-refractivity contribution in [1.82, 2.24) is 19.1 Å². The number of carbonyl (C=O) groups is 1. The maximum atomic E-state index is 15.3. The van der Waals surface area contributed by atoms with E-state index in [-0.39, 0.29) is 18.7 Å². The molecule has 4 heterocycles. The van der Waals surface area contributed by atoms with Gasteiger partial charge in [0.1, 0.15) is 42.6 Å². The zero-order valence-electron chi connectivity index (χ0n) is 61.0. The van der Waals surface area contributed by atoms with Crippen LogP contribution >= 0.6 is 15.6 Å². The minimum atomic E-state index is -5.29. The molecule has 10 unspecified atom stereocenters. The predicted molar refractivity (Wildman–Crippen MR) is 387 cm³/mol. The van der Waals surface area contributed by atoms with E-state index in [0.29, 0.717) is 25.3 Å². The third-order valence-corrected chi connectivity index (χ3v) is 20.9. The molecular weight excluding hydrogens is 1310 g/mol. The van der Waals surface area contributed by atoms with Crippen molar-refractivity contribution in [2.75, 3.05) is 50.2 Å². The van der Waals surface area contributed by atoms with Crippen molar-refractivity contribution in [2.45, 2.75) is 372 Å². The van der Waals surface area contributed by atoms with E-state index < -0.39 is 114 Å². The van der Waals surface area contributed by atoms with Crippen LogP contribution in [0, 0.1) is 5.82 Å². The van der Waals surface area contributed by atoms with Crippen LogP contribution in [0.5, 0.6) is 0 Å². The average Bonchev–Trinajstić information content (AvgIpc) is 1.67. The Hall–Kier alpha value is -3.22. The van der Waals surface area contributed by atoms with Gasteiger partial charge in [-0.2, -0.15) is 9.97 Å². The molecule has 2 fully saturated rings. The number of aliphatic hydroxyl groups excluding tert-OH is 3. The van der Waals surface area contributed by atoms with E-state index in [0.717, 1.165) is 92.4 Å². The number of anilines is 2. The molecule has 26 heteroatoms. The van der Waals surface area contributed by atoms with Gasteiger partial charge in [0.2, 0.25) is 0 Å². The lowest BCUT2D eigenvalue weighted by molar-refractivity contribution is -0.153. The van der Waals surface area contributed by atoms with Gasteiger partial charge < -0.3 is 50.0 Å². The van der Waals surface area contributed by atoms with Gasteiger partial charge in [0.15, 0.2) is 17.9 Å². The lowest BCUT2D eigenvalue weighted by atomic mass is 10.0. The predicted octanol–water partition coefficient (Wildman–Crippen LogP) is 16.9. The largest absolute Gasteiger partial charge is 0.472 e. The van der Waals surface area contributed by atoms with Crippen molar-refractivity contribution in [3.63, 3.8) is 0 Å². The quantitative estimate of drug-likeness (QED) is 0.0184. The number of nitrogens with zero attached hydrogens (tertiary/aromatic N) is 4. The lowest BCUT2D eigenvalue weighted by Gasteiger charge is -2.24. The normalized spacial score (nSPS) is 20.1. The Labute approximate surface area is 592 Å². The molecule has 10 atom stereocenters. The van der Waals surface area contributed by atoms with Crippen LogP contribution in [-0.2, 0) is 46.2 Å². The molecule has 0 aliphatic carbocycles. The summed E-state index contributed by atoms with van der Waals surface area (Å²) in [6.07, 6.45) is 43.7. The van der Waals surface area contributed by atoms with Crippen molar-refractivity contribution in [3.8, 4) is 0 Å². The number of carbonyl (C=O) groups excluding carboxylic acids is 1. The van der Waals surface area contributed by atoms with E-state index in [4.69, 9.17) is 32.3 Å². The van der Waals surface area contributed by atoms with Crippen LogP contribution in [0.3, 0.4) is 0 Å². The number of unbranched alkanes of at least 4 members (excludes halogenated alkanes) is 42. The first kappa shape index (κ1) is 88.2. The van der Waals surface area contributed by atoms with E-state index in [1.54, 1.807) is 0 Å². The second-order valence-corrected chi connectivity index (χ2v) is 30.6. The maximum Gasteiger partial charge on any atom is 0.472 e. The molecule has 574 valence electrons. The number of ether oxygens (including phenoxy) is 3. The molecule has 99 heavy (non-hydrogen) atoms. The van der Waals surface area contributed by atoms with E-state index in [1.807, 2.05) is 0 Å². The fourth-order valence-electron chi connectivity index (χ4n) is 12.9. The molecule has 2 aromatic rings. The number of nitrogens with one attached hydrogen (secondary N) is 2. The summed E-state index contributed by atoms with van der Waals surface area (Å²) < 4.78 is 82.2. The van der Waals surface area contributed by atoms with Crippen LogP contribution < -0.4 is 22.0 Å². The summed E-state index contributed by atoms with van der Waals surface area (Å²) in [4.78, 5) is 69.5. The van der Waals surface area contributed by atoms with E-state index >= 15 is 4.39 Å². The third kappa shape index (κ3) is 39.5. The summed E-state index contributed by atoms with van der Waals surface area (Å²) in [5, 5.41) is 38.6. The number of rotatable bonds is 65. The highest BCUT2D eigenvalue weighted by atomic mass is 31.2. The number of aromatic nitrogens is 4. The van der Waals surface area contributed by atoms with Crippen LogP contribution in [0.25, 0.3) is 0 Å². The molecule has 0 amide bonds. The highest BCUT2D eigenvalue weighted by Crippen LogP contribution is 2.49. The topological polar surface area (TPSA) is 311 Å². The van der Waals surface area contributed by atoms with Gasteiger partial charge in [-0.15, -0.1) is 0 Å². The Balaban J connectivity index is 1.23. The van der Waals surface area contributed by atoms with Gasteiger partial charge in [-0.1, -0.05) is 290 Å². The number of phosphoric ester groups is 2. The zero-order valence-corrected chi connectivity index (χ0v) is 62.8. The average molecular weight is 1450 g/mol. The summed E-state index contributed by atoms with van der Waals surface area (Å²) in [7, 11) is -10.4. The standard InChI is InChI=1S/C73H133FN6O17P2/c1-4-7-10-13-16-19-22-25-27-29-32-35-38-41-44-47-51-75-65-50-53-79(72(85)77-65)71-68(84)69(63(56-81)96-71)97-99(89,90)92-58-60(94-67(83)49-46-43-40-37-34-31-24-21-18-15-12-9-6-3)57-91-98(87,88)93-59-64-62(82)54-66(95-64)80-55-61(74)70(78-73(80)86)76-52-48-45-42-39-36-33-30-28-26-23-20-17-14-11-8-5-2/h50,53,55,60,62-64,66,68-69,71,81-82,84H,4-49,51-52,54,56-59H2,1-3H3,(H,87,88)(H,89,90)(H,75,77,85)(H,76,78,86). The van der Waals surface area contributed by atoms with Crippen LogP contribution in [0.4, 0.5) is 16.0 Å². The van der Waals surface area contributed by atoms with E-state index in [2.05, 4.69) is 41.4 Å². The van der Waals surface area contributed by atoms with Gasteiger partial charge in [-0.05, 0) is 25.3 Å². The Morgan fingerprint density at radius 1 is 0.566 bits per heavy atom. The SMILES string of the molecule is CCCCCCCCCCCCCCCCCCNc1ccn(C2OC(CO)C(OP(=O)(O)OCC(COP(=O)(O)OCC3OC(n4cc(F)c(NCCCCCCCCCCCCCCCCCC)nc4=O)CC3O)OC(=O)CCCCCCCCCCCCCCC)C2O)c(=O)n1. The third-order valence-electron chi connectivity index (χ3n) is 19.0. The number of esters is 1. The minimum absolute atomic E-state index is 0.0652. The first-order valence-corrected chi connectivity index (χ1v) is 42.1. The van der Waals surface area contributed by atoms with Crippen LogP contribution in [0.1, 0.15) is 335 Å². The molecule has 23 nitrogen and oxygen atoms in total. The second-order valence-electron chi connectivity index (χ2n) is 27.8. The molecule has 0 radical (unpaired) electrons. The van der Waals surface area contributed by atoms with Gasteiger partial charge in [0.05, 0.1) is 38.7 Å². The Morgan fingerprint density at radius 3 is 1.42 bits per heavy atom. The smallest absolute Gasteiger partial charge is 0.457 e. The molecule has 2 aromatic heterocycles. The van der Waals surface area contributed by atoms with Gasteiger partial charge in [-0.25, -0.2) is 23.1 Å². The summed E-state index contributed by atoms with van der Waals surface area (Å²) in [6.45, 7) is 4.26. The summed E-state index contributed by atoms with van der Waals surface area (Å²) in [6, 6.07) is 1.52. The monoisotopic (exact) mass is 1450 g/mol. The number of phosphoric acid groups is 2. The summed E-state index contributed by atoms with van der Waals surface area (Å²) in [5.74, 6) is -1.48. The van der Waals surface area contributed by atoms with Crippen LogP contribution in [-0.4, -0.2) is 126 Å². The van der Waals surface area contributed by atoms with Gasteiger partial charge >= 0.3 is 33.0 Å². The van der Waals surface area contributed by atoms with E-state index in [1.165, 1.54) is 218 Å². The Kier molecular flexibility index (Phi) is 48.5. The molecule has 2 aliphatic rings. The molecule has 0 aromatic carbocycles. The molecule has 0 spiro atoms. The maximum absolute atomic E-state index is 15.3. The zero-order chi connectivity index (χ0) is 71.6. The number of hydrogen-bond acceptors (Lipinski definition) is 19. The van der Waals surface area contributed by atoms with Gasteiger partial charge in [-0.3, -0.25) is 32.0 Å². The first-order chi connectivity index (χ1) is 48.0. The molecule has 4 rings (SSSR count). The number of halogens is 1. The summed E-state index contributed by atoms with van der Waals surface area (Å²) in [5.41, 5.74) is -1.66. The number of aliphatic hydroxyl groups is 3. The van der Waals surface area contributed by atoms with Crippen molar-refractivity contribution in [1.29, 1.82) is 0 Å². The van der Waals surface area contributed by atoms with E-state index in [9.17, 15) is 48.6 Å². The van der Waals surface area contributed by atoms with Crippen molar-refractivity contribution in [3.05, 3.63) is 45.2 Å². The Morgan fingerprint density at radius 2 is 0.980 bits per heavy atom. The van der Waals surface area contributed by atoms with Gasteiger partial charge in [0.25, 0.3) is 0 Å². The first-order valence-electron chi connectivity index (χ1n) is 39.1. The second kappa shape index (κ2) is 54.4. The van der Waals surface area contributed by atoms with Crippen LogP contribution in [0.2, 0.25) is 0 Å². The van der Waals surface area contributed by atoms with Gasteiger partial charge in [0, 0.05) is 32.1 Å². The van der Waals surface area contributed by atoms with Crippen LogP contribution in [0.15, 0.2) is 28.0 Å². The fraction of sp³-hybridized carbons (Fsp3) is 0.877. The molecular formula is C73H133FN6O17P2. The molecule has 0 saturated carbocycles. The highest BCUT2D eigenvalue weighted by Gasteiger charge is 2.49. The molecule has 0 bridgehead atoms. The lowest BCUT2D eigenvalue weighted by Crippen LogP contribution is -2.37. The molecule has 7 N–H and O–H groups in total. The summed E-state index contributed by atoms with van der Waals surface area (Å²) >= 11 is 0. The molecule has 2 aliphatic heterocycles. The highest BCUT2D eigenvalue weighted by molar-refractivity contribution is 7.47. The van der Waals surface area contributed by atoms with Crippen molar-refractivity contribution >= 4 is 33.3 Å². The van der Waals surface area contributed by atoms with Crippen molar-refractivity contribution in [2.24, 2.45) is 0 Å². The Bertz CT molecular complexity index is 2610.